The molecule has 0 spiro atoms. The molecule has 6 heteroatoms. The summed E-state index contributed by atoms with van der Waals surface area (Å²) in [4.78, 5) is 14.6. The van der Waals surface area contributed by atoms with Gasteiger partial charge in [0.1, 0.15) is 5.69 Å². The molecule has 1 amide bonds. The van der Waals surface area contributed by atoms with Crippen molar-refractivity contribution in [2.75, 3.05) is 5.32 Å². The van der Waals surface area contributed by atoms with Crippen LogP contribution in [0.5, 0.6) is 0 Å². The molecule has 0 saturated carbocycles. The zero-order chi connectivity index (χ0) is 12.3. The Hall–Kier alpha value is -1.56. The first-order chi connectivity index (χ1) is 8.19. The maximum absolute atomic E-state index is 11.8. The minimum absolute atomic E-state index is 0.203. The highest BCUT2D eigenvalue weighted by molar-refractivity contribution is 9.10. The molecule has 0 unspecified atom stereocenters. The molecule has 2 aromatic heterocycles. The number of hydrogen-bond acceptors (Lipinski definition) is 2. The quantitative estimate of drug-likeness (QED) is 0.811. The molecule has 0 aliphatic heterocycles. The van der Waals surface area contributed by atoms with Crippen LogP contribution in [-0.4, -0.2) is 21.1 Å². The number of carbonyl (C=O) groups excluding carboxylic acids is 1. The summed E-state index contributed by atoms with van der Waals surface area (Å²) < 4.78 is 0.844. The number of amides is 1. The second kappa shape index (κ2) is 5.18. The molecule has 0 bridgehead atoms. The Morgan fingerprint density at radius 3 is 3.00 bits per heavy atom. The molecule has 2 rings (SSSR count). The summed E-state index contributed by atoms with van der Waals surface area (Å²) in [5.41, 5.74) is 1.52. The van der Waals surface area contributed by atoms with Crippen LogP contribution in [0.3, 0.4) is 0 Å². The average Bonchev–Trinajstić information content (AvgIpc) is 2.88. The second-order valence-corrected chi connectivity index (χ2v) is 4.63. The molecule has 3 N–H and O–H groups in total. The lowest BCUT2D eigenvalue weighted by Crippen LogP contribution is -2.12. The summed E-state index contributed by atoms with van der Waals surface area (Å²) in [5.74, 6) is 0.342. The average molecular weight is 297 g/mol. The van der Waals surface area contributed by atoms with Gasteiger partial charge >= 0.3 is 0 Å². The van der Waals surface area contributed by atoms with Gasteiger partial charge in [-0.25, -0.2) is 0 Å². The second-order valence-electron chi connectivity index (χ2n) is 3.71. The number of aromatic nitrogens is 3. The molecule has 0 saturated heterocycles. The Morgan fingerprint density at radius 1 is 1.53 bits per heavy atom. The Kier molecular flexibility index (Phi) is 3.63. The van der Waals surface area contributed by atoms with Crippen molar-refractivity contribution in [3.8, 4) is 0 Å². The predicted octanol–water partition coefficient (Wildman–Crippen LogP) is 2.71. The van der Waals surface area contributed by atoms with E-state index in [4.69, 9.17) is 0 Å². The van der Waals surface area contributed by atoms with Gasteiger partial charge in [-0.15, -0.1) is 0 Å². The van der Waals surface area contributed by atoms with Crippen LogP contribution in [-0.2, 0) is 6.42 Å². The van der Waals surface area contributed by atoms with Crippen molar-refractivity contribution in [1.82, 2.24) is 15.2 Å². The van der Waals surface area contributed by atoms with Crippen LogP contribution in [0.1, 0.15) is 29.5 Å². The highest BCUT2D eigenvalue weighted by Gasteiger charge is 2.09. The minimum atomic E-state index is -0.203. The molecule has 90 valence electrons. The number of aryl methyl sites for hydroxylation is 1. The first-order valence-electron chi connectivity index (χ1n) is 5.38. The largest absolute Gasteiger partial charge is 0.356 e. The highest BCUT2D eigenvalue weighted by Crippen LogP contribution is 2.13. The zero-order valence-corrected chi connectivity index (χ0v) is 11.0. The van der Waals surface area contributed by atoms with Crippen LogP contribution in [0, 0.1) is 0 Å². The van der Waals surface area contributed by atoms with Crippen LogP contribution < -0.4 is 5.32 Å². The number of nitrogens with one attached hydrogen (secondary N) is 3. The number of anilines is 1. The Labute approximate surface area is 107 Å². The van der Waals surface area contributed by atoms with E-state index in [1.807, 2.05) is 6.07 Å². The van der Waals surface area contributed by atoms with Gasteiger partial charge in [-0.05, 0) is 28.4 Å². The molecule has 5 nitrogen and oxygen atoms in total. The number of rotatable bonds is 4. The SMILES string of the molecule is CCCc1cc(NC(=O)c2cc(Br)c[nH]2)n[nH]1. The first kappa shape index (κ1) is 11.9. The molecule has 0 fully saturated rings. The topological polar surface area (TPSA) is 73.6 Å². The number of halogens is 1. The van der Waals surface area contributed by atoms with Crippen LogP contribution in [0.15, 0.2) is 22.8 Å². The molecule has 0 radical (unpaired) electrons. The highest BCUT2D eigenvalue weighted by atomic mass is 79.9. The van der Waals surface area contributed by atoms with Crippen molar-refractivity contribution in [3.63, 3.8) is 0 Å². The number of aromatic amines is 2. The smallest absolute Gasteiger partial charge is 0.273 e. The van der Waals surface area contributed by atoms with E-state index in [1.165, 1.54) is 0 Å². The van der Waals surface area contributed by atoms with Crippen molar-refractivity contribution >= 4 is 27.7 Å². The van der Waals surface area contributed by atoms with Gasteiger partial charge in [0.15, 0.2) is 5.82 Å². The van der Waals surface area contributed by atoms with Gasteiger partial charge in [0.25, 0.3) is 5.91 Å². The van der Waals surface area contributed by atoms with Crippen molar-refractivity contribution in [1.29, 1.82) is 0 Å². The predicted molar refractivity (Wildman–Crippen MR) is 69.0 cm³/mol. The Morgan fingerprint density at radius 2 is 2.35 bits per heavy atom. The summed E-state index contributed by atoms with van der Waals surface area (Å²) in [6, 6.07) is 3.56. The van der Waals surface area contributed by atoms with E-state index in [-0.39, 0.29) is 5.91 Å². The van der Waals surface area contributed by atoms with Gasteiger partial charge < -0.3 is 10.3 Å². The maximum atomic E-state index is 11.8. The van der Waals surface area contributed by atoms with Crippen LogP contribution in [0.4, 0.5) is 5.82 Å². The molecule has 0 aromatic carbocycles. The molecule has 0 atom stereocenters. The van der Waals surface area contributed by atoms with E-state index in [0.717, 1.165) is 23.0 Å². The van der Waals surface area contributed by atoms with E-state index < -0.39 is 0 Å². The Balaban J connectivity index is 2.02. The molecular formula is C11H13BrN4O. The maximum Gasteiger partial charge on any atom is 0.273 e. The van der Waals surface area contributed by atoms with E-state index in [9.17, 15) is 4.79 Å². The van der Waals surface area contributed by atoms with Crippen LogP contribution in [0.25, 0.3) is 0 Å². The third-order valence-electron chi connectivity index (χ3n) is 2.28. The van der Waals surface area contributed by atoms with Gasteiger partial charge in [-0.2, -0.15) is 5.10 Å². The van der Waals surface area contributed by atoms with Gasteiger partial charge in [-0.1, -0.05) is 13.3 Å². The number of hydrogen-bond donors (Lipinski definition) is 3. The molecule has 17 heavy (non-hydrogen) atoms. The Bertz CT molecular complexity index is 517. The summed E-state index contributed by atoms with van der Waals surface area (Å²) in [5, 5.41) is 9.63. The van der Waals surface area contributed by atoms with E-state index in [2.05, 4.69) is 43.4 Å². The van der Waals surface area contributed by atoms with Gasteiger partial charge in [0, 0.05) is 22.4 Å². The summed E-state index contributed by atoms with van der Waals surface area (Å²) in [6.07, 6.45) is 3.68. The lowest BCUT2D eigenvalue weighted by molar-refractivity contribution is 0.102. The molecule has 0 aliphatic carbocycles. The van der Waals surface area contributed by atoms with E-state index in [0.29, 0.717) is 11.5 Å². The molecular weight excluding hydrogens is 284 g/mol. The van der Waals surface area contributed by atoms with Gasteiger partial charge in [0.2, 0.25) is 0 Å². The van der Waals surface area contributed by atoms with Crippen molar-refractivity contribution < 1.29 is 4.79 Å². The van der Waals surface area contributed by atoms with Crippen LogP contribution >= 0.6 is 15.9 Å². The third-order valence-corrected chi connectivity index (χ3v) is 2.74. The molecule has 0 aliphatic rings. The van der Waals surface area contributed by atoms with Gasteiger partial charge in [-0.3, -0.25) is 9.89 Å². The fourth-order valence-corrected chi connectivity index (χ4v) is 1.85. The number of H-pyrrole nitrogens is 2. The summed E-state index contributed by atoms with van der Waals surface area (Å²) in [7, 11) is 0. The van der Waals surface area contributed by atoms with Crippen molar-refractivity contribution in [2.45, 2.75) is 19.8 Å². The molecule has 2 aromatic rings. The zero-order valence-electron chi connectivity index (χ0n) is 9.38. The normalized spacial score (nSPS) is 10.5. The third kappa shape index (κ3) is 2.97. The summed E-state index contributed by atoms with van der Waals surface area (Å²) >= 11 is 3.28. The van der Waals surface area contributed by atoms with Crippen LogP contribution in [0.2, 0.25) is 0 Å². The lowest BCUT2D eigenvalue weighted by Gasteiger charge is -1.97. The lowest BCUT2D eigenvalue weighted by atomic mass is 10.2. The monoisotopic (exact) mass is 296 g/mol. The van der Waals surface area contributed by atoms with Crippen molar-refractivity contribution in [3.05, 3.63) is 34.2 Å². The van der Waals surface area contributed by atoms with E-state index in [1.54, 1.807) is 12.3 Å². The van der Waals surface area contributed by atoms with Crippen molar-refractivity contribution in [2.24, 2.45) is 0 Å². The number of nitrogens with zero attached hydrogens (tertiary/aromatic N) is 1. The fraction of sp³-hybridized carbons (Fsp3) is 0.273. The standard InChI is InChI=1S/C11H13BrN4O/c1-2-3-8-5-10(16-15-8)14-11(17)9-4-7(12)6-13-9/h4-6,13H,2-3H2,1H3,(H2,14,15,16,17). The number of carbonyl (C=O) groups is 1. The fourth-order valence-electron chi connectivity index (χ4n) is 1.51. The van der Waals surface area contributed by atoms with E-state index >= 15 is 0 Å². The van der Waals surface area contributed by atoms with Gasteiger partial charge in [0.05, 0.1) is 0 Å². The molecule has 2 heterocycles. The minimum Gasteiger partial charge on any atom is -0.356 e. The first-order valence-corrected chi connectivity index (χ1v) is 6.18. The summed E-state index contributed by atoms with van der Waals surface area (Å²) in [6.45, 7) is 2.09.